The monoisotopic (exact) mass is 482 g/mol. The number of likely N-dealkylation sites (tertiary alicyclic amines) is 2. The number of fused-ring (bicyclic) bond motifs is 1. The Labute approximate surface area is 207 Å². The molecule has 1 aromatic carbocycles. The Bertz CT molecular complexity index is 1000. The zero-order valence-corrected chi connectivity index (χ0v) is 20.6. The molecular formula is C28H38N2O5. The fourth-order valence-corrected chi connectivity index (χ4v) is 5.72. The first-order chi connectivity index (χ1) is 17.2. The molecule has 1 amide bonds. The standard InChI is InChI=1S/C28H38N2O5/c31-16-6-7-17-33-27-19-21(24-20-34-25-9-3-2-8-23(24)25)18-26(35-27)28(32)30-14-10-22(11-15-30)29-12-4-1-5-13-29/h2-3,8-9,18,20-22,27,31H,1,4-7,10-17,19H2. The molecule has 7 nitrogen and oxygen atoms in total. The number of para-hydroxylation sites is 1. The molecule has 190 valence electrons. The predicted molar refractivity (Wildman–Crippen MR) is 134 cm³/mol. The molecular weight excluding hydrogens is 444 g/mol. The average molecular weight is 483 g/mol. The van der Waals surface area contributed by atoms with Crippen molar-refractivity contribution >= 4 is 16.9 Å². The van der Waals surface area contributed by atoms with Gasteiger partial charge in [0.1, 0.15) is 5.58 Å². The van der Waals surface area contributed by atoms with Gasteiger partial charge in [-0.1, -0.05) is 24.6 Å². The Kier molecular flexibility index (Phi) is 8.06. The minimum Gasteiger partial charge on any atom is -0.464 e. The third-order valence-corrected chi connectivity index (χ3v) is 7.69. The molecule has 2 atom stereocenters. The molecule has 2 saturated heterocycles. The highest BCUT2D eigenvalue weighted by atomic mass is 16.7. The number of aliphatic hydroxyl groups is 1. The Balaban J connectivity index is 1.29. The summed E-state index contributed by atoms with van der Waals surface area (Å²) >= 11 is 0. The normalized spacial score (nSPS) is 24.4. The summed E-state index contributed by atoms with van der Waals surface area (Å²) in [6.07, 6.45) is 11.3. The summed E-state index contributed by atoms with van der Waals surface area (Å²) in [7, 11) is 0. The molecule has 7 heteroatoms. The number of aliphatic hydroxyl groups excluding tert-OH is 1. The van der Waals surface area contributed by atoms with Crippen LogP contribution >= 0.6 is 0 Å². The number of amides is 1. The van der Waals surface area contributed by atoms with Gasteiger partial charge >= 0.3 is 0 Å². The number of furan rings is 1. The van der Waals surface area contributed by atoms with Crippen molar-refractivity contribution in [1.82, 2.24) is 9.80 Å². The van der Waals surface area contributed by atoms with Gasteiger partial charge in [-0.05, 0) is 63.8 Å². The molecule has 0 bridgehead atoms. The Morgan fingerprint density at radius 2 is 1.86 bits per heavy atom. The predicted octanol–water partition coefficient (Wildman–Crippen LogP) is 4.41. The fraction of sp³-hybridized carbons (Fsp3) is 0.607. The number of carbonyl (C=O) groups is 1. The summed E-state index contributed by atoms with van der Waals surface area (Å²) in [5.74, 6) is 0.318. The molecule has 0 radical (unpaired) electrons. The molecule has 35 heavy (non-hydrogen) atoms. The highest BCUT2D eigenvalue weighted by molar-refractivity contribution is 5.92. The van der Waals surface area contributed by atoms with Crippen LogP contribution < -0.4 is 0 Å². The lowest BCUT2D eigenvalue weighted by atomic mass is 9.92. The number of rotatable bonds is 8. The number of benzene rings is 1. The van der Waals surface area contributed by atoms with Gasteiger partial charge < -0.3 is 28.8 Å². The summed E-state index contributed by atoms with van der Waals surface area (Å²) < 4.78 is 17.9. The van der Waals surface area contributed by atoms with Gasteiger partial charge in [0, 0.05) is 49.0 Å². The van der Waals surface area contributed by atoms with Crippen molar-refractivity contribution in [3.63, 3.8) is 0 Å². The van der Waals surface area contributed by atoms with Crippen LogP contribution in [-0.2, 0) is 14.3 Å². The minimum absolute atomic E-state index is 0.0277. The first kappa shape index (κ1) is 24.3. The Hall–Kier alpha value is -2.35. The Morgan fingerprint density at radius 3 is 2.66 bits per heavy atom. The van der Waals surface area contributed by atoms with Crippen LogP contribution in [0.2, 0.25) is 0 Å². The van der Waals surface area contributed by atoms with E-state index in [0.717, 1.165) is 48.9 Å². The van der Waals surface area contributed by atoms with Gasteiger partial charge in [0.25, 0.3) is 5.91 Å². The number of nitrogens with zero attached hydrogens (tertiary/aromatic N) is 2. The summed E-state index contributed by atoms with van der Waals surface area (Å²) in [5.41, 5.74) is 1.90. The van der Waals surface area contributed by atoms with Crippen LogP contribution in [0.25, 0.3) is 11.0 Å². The molecule has 3 aliphatic heterocycles. The van der Waals surface area contributed by atoms with Gasteiger partial charge in [0.15, 0.2) is 5.76 Å². The second-order valence-corrected chi connectivity index (χ2v) is 10.0. The molecule has 3 aliphatic rings. The highest BCUT2D eigenvalue weighted by Gasteiger charge is 2.34. The number of unbranched alkanes of at least 4 members (excludes halogenated alkanes) is 1. The molecule has 2 unspecified atom stereocenters. The van der Waals surface area contributed by atoms with Crippen LogP contribution in [0.5, 0.6) is 0 Å². The summed E-state index contributed by atoms with van der Waals surface area (Å²) in [6, 6.07) is 8.58. The lowest BCUT2D eigenvalue weighted by molar-refractivity contribution is -0.153. The summed E-state index contributed by atoms with van der Waals surface area (Å²) in [5, 5.41) is 10.1. The molecule has 0 aliphatic carbocycles. The first-order valence-electron chi connectivity index (χ1n) is 13.3. The lowest BCUT2D eigenvalue weighted by Crippen LogP contribution is -2.49. The van der Waals surface area contributed by atoms with E-state index in [-0.39, 0.29) is 18.4 Å². The van der Waals surface area contributed by atoms with Gasteiger partial charge in [-0.15, -0.1) is 0 Å². The van der Waals surface area contributed by atoms with Crippen molar-refractivity contribution in [2.24, 2.45) is 0 Å². The van der Waals surface area contributed by atoms with E-state index >= 15 is 0 Å². The maximum atomic E-state index is 13.5. The quantitative estimate of drug-likeness (QED) is 0.562. The first-order valence-corrected chi connectivity index (χ1v) is 13.3. The van der Waals surface area contributed by atoms with E-state index in [1.807, 2.05) is 29.2 Å². The third-order valence-electron chi connectivity index (χ3n) is 7.69. The van der Waals surface area contributed by atoms with Crippen LogP contribution in [-0.4, -0.2) is 72.5 Å². The van der Waals surface area contributed by atoms with Crippen molar-refractivity contribution in [1.29, 1.82) is 0 Å². The van der Waals surface area contributed by atoms with Gasteiger partial charge in [-0.25, -0.2) is 0 Å². The summed E-state index contributed by atoms with van der Waals surface area (Å²) in [6.45, 7) is 4.57. The fourth-order valence-electron chi connectivity index (χ4n) is 5.72. The molecule has 1 aromatic heterocycles. The SMILES string of the molecule is O=C(C1=CC(c2coc3ccccc23)CC(OCCCCO)O1)N1CCC(N2CCCCC2)CC1. The Morgan fingerprint density at radius 1 is 1.06 bits per heavy atom. The van der Waals surface area contributed by atoms with E-state index in [9.17, 15) is 4.79 Å². The smallest absolute Gasteiger partial charge is 0.288 e. The van der Waals surface area contributed by atoms with Gasteiger partial charge in [-0.3, -0.25) is 4.79 Å². The molecule has 0 saturated carbocycles. The topological polar surface area (TPSA) is 75.4 Å². The molecule has 2 aromatic rings. The van der Waals surface area contributed by atoms with E-state index in [2.05, 4.69) is 11.0 Å². The number of piperidine rings is 2. The van der Waals surface area contributed by atoms with Crippen LogP contribution in [0.3, 0.4) is 0 Å². The van der Waals surface area contributed by atoms with Crippen LogP contribution in [0, 0.1) is 0 Å². The van der Waals surface area contributed by atoms with Crippen LogP contribution in [0.4, 0.5) is 0 Å². The van der Waals surface area contributed by atoms with E-state index in [1.165, 1.54) is 32.4 Å². The second-order valence-electron chi connectivity index (χ2n) is 10.0. The van der Waals surface area contributed by atoms with Crippen molar-refractivity contribution in [3.8, 4) is 0 Å². The van der Waals surface area contributed by atoms with Crippen molar-refractivity contribution < 1.29 is 23.8 Å². The van der Waals surface area contributed by atoms with Gasteiger partial charge in [0.05, 0.1) is 12.9 Å². The second kappa shape index (κ2) is 11.6. The number of ether oxygens (including phenoxy) is 2. The van der Waals surface area contributed by atoms with E-state index < -0.39 is 6.29 Å². The zero-order chi connectivity index (χ0) is 24.0. The number of carbonyl (C=O) groups excluding carboxylic acids is 1. The molecule has 1 N–H and O–H groups in total. The van der Waals surface area contributed by atoms with Crippen LogP contribution in [0.15, 0.2) is 46.8 Å². The van der Waals surface area contributed by atoms with E-state index in [4.69, 9.17) is 19.0 Å². The molecule has 4 heterocycles. The van der Waals surface area contributed by atoms with E-state index in [0.29, 0.717) is 31.2 Å². The average Bonchev–Trinajstić information content (AvgIpc) is 3.35. The molecule has 2 fully saturated rings. The maximum absolute atomic E-state index is 13.5. The summed E-state index contributed by atoms with van der Waals surface area (Å²) in [4.78, 5) is 18.1. The van der Waals surface area contributed by atoms with Crippen LogP contribution in [0.1, 0.15) is 62.8 Å². The number of hydrogen-bond acceptors (Lipinski definition) is 6. The van der Waals surface area contributed by atoms with Crippen molar-refractivity contribution in [3.05, 3.63) is 47.9 Å². The zero-order valence-electron chi connectivity index (χ0n) is 20.6. The maximum Gasteiger partial charge on any atom is 0.288 e. The largest absolute Gasteiger partial charge is 0.464 e. The number of hydrogen-bond donors (Lipinski definition) is 1. The molecule has 0 spiro atoms. The van der Waals surface area contributed by atoms with Crippen molar-refractivity contribution in [2.45, 2.75) is 69.6 Å². The number of allylic oxidation sites excluding steroid dienone is 1. The third kappa shape index (κ3) is 5.74. The van der Waals surface area contributed by atoms with Crippen molar-refractivity contribution in [2.75, 3.05) is 39.4 Å². The highest BCUT2D eigenvalue weighted by Crippen LogP contribution is 2.37. The lowest BCUT2D eigenvalue weighted by Gasteiger charge is -2.40. The van der Waals surface area contributed by atoms with Gasteiger partial charge in [0.2, 0.25) is 6.29 Å². The minimum atomic E-state index is -0.498. The molecule has 5 rings (SSSR count). The van der Waals surface area contributed by atoms with Gasteiger partial charge in [-0.2, -0.15) is 0 Å². The van der Waals surface area contributed by atoms with E-state index in [1.54, 1.807) is 6.26 Å².